The summed E-state index contributed by atoms with van der Waals surface area (Å²) in [5, 5.41) is 4.49. The lowest BCUT2D eigenvalue weighted by Crippen LogP contribution is -1.97. The van der Waals surface area contributed by atoms with Crippen LogP contribution in [-0.4, -0.2) is 6.61 Å². The molecule has 0 fully saturated rings. The minimum atomic E-state index is -0.898. The Morgan fingerprint density at radius 1 is 0.392 bits per heavy atom. The molecule has 0 atom stereocenters. The molecule has 0 saturated carbocycles. The lowest BCUT2D eigenvalue weighted by atomic mass is 9.90. The van der Waals surface area contributed by atoms with E-state index in [1.807, 2.05) is 127 Å². The van der Waals surface area contributed by atoms with Gasteiger partial charge in [0, 0.05) is 73.8 Å². The zero-order valence-corrected chi connectivity index (χ0v) is 44.9. The molecule has 12 rings (SSSR count). The van der Waals surface area contributed by atoms with Crippen molar-refractivity contribution in [3.05, 3.63) is 219 Å². The Bertz CT molecular complexity index is 3650. The van der Waals surface area contributed by atoms with Gasteiger partial charge in [0.1, 0.15) is 5.75 Å². The first-order chi connectivity index (χ1) is 36.2. The van der Waals surface area contributed by atoms with Crippen LogP contribution in [-0.2, 0) is 0 Å². The Labute approximate surface area is 453 Å². The molecule has 0 spiro atoms. The number of rotatable bonds is 13. The topological polar surface area (TPSA) is 9.23 Å². The minimum Gasteiger partial charge on any atom is -0.494 e. The number of benzene rings is 8. The number of aryl methyl sites for hydroxylation is 1. The fourth-order valence-electron chi connectivity index (χ4n) is 9.49. The first-order valence-corrected chi connectivity index (χ1v) is 29.5. The second-order valence-electron chi connectivity index (χ2n) is 18.1. The SMILES string of the molecule is CCCCOc1ccc(-c2ccc(-c3ccc(-c4csc(C5Sc6ccccc6S5)c4-c4c(-c5ccc(-c6ccc(-c7ccc(C)cc7)c(F)c6F)cc5)csc4C4Sc5ccccc5S4)cc3)c(F)c2F)cc1. The van der Waals surface area contributed by atoms with Gasteiger partial charge in [-0.05, 0) is 93.9 Å². The molecule has 74 heavy (non-hydrogen) atoms. The highest BCUT2D eigenvalue weighted by molar-refractivity contribution is 8.19. The average Bonchev–Trinajstić information content (AvgIpc) is 4.26. The van der Waals surface area contributed by atoms with E-state index in [4.69, 9.17) is 4.74 Å². The van der Waals surface area contributed by atoms with E-state index >= 15 is 17.6 Å². The van der Waals surface area contributed by atoms with E-state index in [2.05, 4.69) is 66.2 Å². The average molecular weight is 1090 g/mol. The van der Waals surface area contributed by atoms with Gasteiger partial charge in [-0.3, -0.25) is 0 Å². The highest BCUT2D eigenvalue weighted by atomic mass is 32.2. The molecule has 0 unspecified atom stereocenters. The predicted octanol–water partition coefficient (Wildman–Crippen LogP) is 21.3. The number of halogens is 4. The van der Waals surface area contributed by atoms with Crippen LogP contribution in [0.5, 0.6) is 5.75 Å². The van der Waals surface area contributed by atoms with Gasteiger partial charge in [-0.2, -0.15) is 0 Å². The molecule has 2 aromatic heterocycles. The van der Waals surface area contributed by atoms with Crippen molar-refractivity contribution in [3.63, 3.8) is 0 Å². The summed E-state index contributed by atoms with van der Waals surface area (Å²) in [6.45, 7) is 4.67. The third-order valence-corrected chi connectivity index (χ3v) is 21.8. The maximum absolute atomic E-state index is 16.2. The summed E-state index contributed by atoms with van der Waals surface area (Å²) in [6, 6.07) is 53.9. The quantitative estimate of drug-likeness (QED) is 0.0838. The Kier molecular flexibility index (Phi) is 13.9. The number of thiophene rings is 2. The van der Waals surface area contributed by atoms with Crippen LogP contribution in [0.2, 0.25) is 0 Å². The van der Waals surface area contributed by atoms with Crippen LogP contribution >= 0.6 is 69.7 Å². The Morgan fingerprint density at radius 2 is 0.703 bits per heavy atom. The Morgan fingerprint density at radius 3 is 1.04 bits per heavy atom. The monoisotopic (exact) mass is 1080 g/mol. The van der Waals surface area contributed by atoms with Crippen LogP contribution in [0.1, 0.15) is 44.2 Å². The lowest BCUT2D eigenvalue weighted by molar-refractivity contribution is 0.309. The molecular weight excluding hydrogens is 1040 g/mol. The molecule has 2 aliphatic rings. The van der Waals surface area contributed by atoms with Crippen molar-refractivity contribution in [2.45, 2.75) is 55.4 Å². The van der Waals surface area contributed by atoms with E-state index in [0.29, 0.717) is 34.6 Å². The van der Waals surface area contributed by atoms with Crippen molar-refractivity contribution in [3.8, 4) is 83.6 Å². The van der Waals surface area contributed by atoms with Crippen LogP contribution in [0.4, 0.5) is 17.6 Å². The largest absolute Gasteiger partial charge is 0.494 e. The summed E-state index contributed by atoms with van der Waals surface area (Å²) >= 11 is 11.0. The van der Waals surface area contributed by atoms with Gasteiger partial charge in [-0.1, -0.05) is 152 Å². The summed E-state index contributed by atoms with van der Waals surface area (Å²) in [6.07, 6.45) is 1.96. The molecule has 10 aromatic rings. The van der Waals surface area contributed by atoms with Crippen molar-refractivity contribution in [2.75, 3.05) is 6.61 Å². The third kappa shape index (κ3) is 9.34. The highest BCUT2D eigenvalue weighted by Gasteiger charge is 2.36. The molecule has 0 aliphatic carbocycles. The highest BCUT2D eigenvalue weighted by Crippen LogP contribution is 2.65. The number of hydrogen-bond acceptors (Lipinski definition) is 7. The van der Waals surface area contributed by atoms with Crippen LogP contribution in [0, 0.1) is 30.2 Å². The van der Waals surface area contributed by atoms with Gasteiger partial charge >= 0.3 is 0 Å². The van der Waals surface area contributed by atoms with E-state index in [9.17, 15) is 0 Å². The molecule has 0 radical (unpaired) electrons. The molecule has 2 aliphatic heterocycles. The summed E-state index contributed by atoms with van der Waals surface area (Å²) < 4.78 is 70.0. The number of thioether (sulfide) groups is 4. The van der Waals surface area contributed by atoms with E-state index in [-0.39, 0.29) is 31.4 Å². The second-order valence-corrected chi connectivity index (χ2v) is 25.1. The van der Waals surface area contributed by atoms with Crippen LogP contribution < -0.4 is 4.74 Å². The van der Waals surface area contributed by atoms with Gasteiger partial charge in [0.2, 0.25) is 0 Å². The molecule has 8 aromatic carbocycles. The van der Waals surface area contributed by atoms with Crippen molar-refractivity contribution in [2.24, 2.45) is 0 Å². The van der Waals surface area contributed by atoms with Crippen molar-refractivity contribution in [1.82, 2.24) is 0 Å². The Hall–Kier alpha value is -5.92. The minimum absolute atomic E-state index is 0.0746. The van der Waals surface area contributed by atoms with Crippen molar-refractivity contribution >= 4 is 69.7 Å². The van der Waals surface area contributed by atoms with Gasteiger partial charge in [-0.25, -0.2) is 17.6 Å². The number of unbranched alkanes of at least 4 members (excludes halogenated alkanes) is 1. The zero-order valence-electron chi connectivity index (χ0n) is 40.0. The van der Waals surface area contributed by atoms with Gasteiger partial charge in [0.25, 0.3) is 0 Å². The zero-order chi connectivity index (χ0) is 50.5. The van der Waals surface area contributed by atoms with Crippen molar-refractivity contribution in [1.29, 1.82) is 0 Å². The number of ether oxygens (including phenoxy) is 1. The first-order valence-electron chi connectivity index (χ1n) is 24.3. The summed E-state index contributed by atoms with van der Waals surface area (Å²) in [5.74, 6) is -2.85. The third-order valence-electron chi connectivity index (χ3n) is 13.4. The number of fused-ring (bicyclic) bond motifs is 2. The van der Waals surface area contributed by atoms with Crippen LogP contribution in [0.25, 0.3) is 77.9 Å². The molecule has 4 heterocycles. The van der Waals surface area contributed by atoms with Gasteiger partial charge < -0.3 is 4.74 Å². The van der Waals surface area contributed by atoms with Gasteiger partial charge in [0.05, 0.1) is 15.8 Å². The molecule has 1 nitrogen and oxygen atoms in total. The van der Waals surface area contributed by atoms with E-state index in [1.54, 1.807) is 71.2 Å². The van der Waals surface area contributed by atoms with Gasteiger partial charge in [-0.15, -0.1) is 69.7 Å². The summed E-state index contributed by atoms with van der Waals surface area (Å²) in [5.41, 5.74) is 10.5. The molecular formula is C63H44F4OS6. The maximum Gasteiger partial charge on any atom is 0.167 e. The Balaban J connectivity index is 0.941. The molecule has 0 saturated heterocycles. The molecule has 366 valence electrons. The van der Waals surface area contributed by atoms with Crippen LogP contribution in [0.15, 0.2) is 200 Å². The fraction of sp³-hybridized carbons (Fsp3) is 0.111. The molecule has 0 amide bonds. The van der Waals surface area contributed by atoms with Gasteiger partial charge in [0.15, 0.2) is 23.3 Å². The summed E-state index contributed by atoms with van der Waals surface area (Å²) in [7, 11) is 0. The second kappa shape index (κ2) is 21.0. The predicted molar refractivity (Wildman–Crippen MR) is 307 cm³/mol. The van der Waals surface area contributed by atoms with E-state index in [0.717, 1.165) is 51.8 Å². The smallest absolute Gasteiger partial charge is 0.167 e. The van der Waals surface area contributed by atoms with Crippen LogP contribution in [0.3, 0.4) is 0 Å². The summed E-state index contributed by atoms with van der Waals surface area (Å²) in [4.78, 5) is 7.45. The fourth-order valence-corrected chi connectivity index (χ4v) is 18.0. The van der Waals surface area contributed by atoms with Crippen molar-refractivity contribution < 1.29 is 22.3 Å². The molecule has 11 heteroatoms. The molecule has 0 bridgehead atoms. The standard InChI is InChI=1S/C63H44F4OS6/c1-3-4-33-68-43-27-25-40(26-28-43)47-32-31-46(58(66)59(47)67)39-19-23-42(24-20-39)49-35-70-61(63-73-52-11-7-8-12-53(52)74-63)55(49)54-48(34-69-60(54)62-71-50-9-5-6-10-51(50)72-62)41-21-17-38(18-22-41)45-30-29-44(56(64)57(45)65)37-15-13-36(2)14-16-37/h5-32,34-35,62-63H,3-4,33H2,1-2H3. The first kappa shape index (κ1) is 49.0. The van der Waals surface area contributed by atoms with E-state index < -0.39 is 23.3 Å². The molecule has 0 N–H and O–H groups in total. The number of hydrogen-bond donors (Lipinski definition) is 0. The normalized spacial score (nSPS) is 13.4. The lowest BCUT2D eigenvalue weighted by Gasteiger charge is -2.18. The van der Waals surface area contributed by atoms with E-state index in [1.165, 1.54) is 29.3 Å². The maximum atomic E-state index is 16.2.